The van der Waals surface area contributed by atoms with Gasteiger partial charge in [-0.25, -0.2) is 18.9 Å². The topological polar surface area (TPSA) is 164 Å². The van der Waals surface area contributed by atoms with Crippen molar-refractivity contribution >= 4 is 24.8 Å². The Bertz CT molecular complexity index is 1040. The number of ether oxygens (including phenoxy) is 1. The third kappa shape index (κ3) is 2.78. The Hall–Kier alpha value is -2.08. The van der Waals surface area contributed by atoms with Crippen molar-refractivity contribution in [1.82, 2.24) is 23.9 Å². The number of H-pyrrole nitrogens is 1. The molecule has 3 aromatic rings. The lowest BCUT2D eigenvalue weighted by atomic mass is 10.2. The van der Waals surface area contributed by atoms with E-state index < -0.39 is 32.9 Å². The number of aromatic nitrogens is 5. The van der Waals surface area contributed by atoms with E-state index in [9.17, 15) is 14.5 Å². The van der Waals surface area contributed by atoms with Crippen LogP contribution in [0.15, 0.2) is 23.5 Å². The summed E-state index contributed by atoms with van der Waals surface area (Å²) in [5.41, 5.74) is 0.149. The maximum atomic E-state index is 12.4. The first-order valence-corrected chi connectivity index (χ1v) is 8.82. The predicted molar refractivity (Wildman–Crippen MR) is 81.6 cm³/mol. The summed E-state index contributed by atoms with van der Waals surface area (Å²) >= 11 is 0. The number of nitrogens with zero attached hydrogens (tertiary/aromatic N) is 4. The zero-order valence-corrected chi connectivity index (χ0v) is 13.5. The highest BCUT2D eigenvalue weighted by atomic mass is 31.2. The average Bonchev–Trinajstić information content (AvgIpc) is 3.23. The van der Waals surface area contributed by atoms with Gasteiger partial charge in [0.2, 0.25) is 5.78 Å². The first kappa shape index (κ1) is 16.4. The molecular weight excluding hydrogens is 357 g/mol. The maximum absolute atomic E-state index is 12.4. The number of imidazole rings is 2. The molecule has 3 aromatic heterocycles. The van der Waals surface area contributed by atoms with Gasteiger partial charge in [0.05, 0.1) is 12.9 Å². The van der Waals surface area contributed by atoms with Crippen LogP contribution in [0.3, 0.4) is 0 Å². The molecule has 0 aliphatic carbocycles. The molecule has 0 radical (unpaired) electrons. The van der Waals surface area contributed by atoms with Gasteiger partial charge in [-0.05, 0) is 0 Å². The van der Waals surface area contributed by atoms with Crippen molar-refractivity contribution in [2.45, 2.75) is 24.9 Å². The fourth-order valence-electron chi connectivity index (χ4n) is 2.96. The van der Waals surface area contributed by atoms with Crippen molar-refractivity contribution in [3.63, 3.8) is 0 Å². The van der Waals surface area contributed by atoms with Gasteiger partial charge < -0.3 is 24.6 Å². The molecule has 1 saturated heterocycles. The minimum atomic E-state index is -4.74. The summed E-state index contributed by atoms with van der Waals surface area (Å²) in [4.78, 5) is 41.4. The molecule has 0 amide bonds. The second-order valence-electron chi connectivity index (χ2n) is 5.58. The van der Waals surface area contributed by atoms with Crippen molar-refractivity contribution in [2.75, 3.05) is 6.61 Å². The molecule has 134 valence electrons. The van der Waals surface area contributed by atoms with Gasteiger partial charge in [0.25, 0.3) is 5.56 Å². The van der Waals surface area contributed by atoms with Gasteiger partial charge in [-0.1, -0.05) is 0 Å². The molecule has 25 heavy (non-hydrogen) atoms. The zero-order chi connectivity index (χ0) is 17.8. The standard InChI is InChI=1S/C12H14N5O7P/c18-4-7-6(24-25(20,21)22)3-8(23-7)17-5-14-9-10(17)15-12-13-1-2-16(12)11(9)19/h1-2,5-8,18H,3-4H2,(H,13,15)(H2,20,21,22)/t6-,7+,8+/m0/s1. The second-order valence-corrected chi connectivity index (χ2v) is 6.77. The Balaban J connectivity index is 1.74. The van der Waals surface area contributed by atoms with E-state index in [0.29, 0.717) is 11.4 Å². The van der Waals surface area contributed by atoms with Crippen LogP contribution in [0.5, 0.6) is 0 Å². The van der Waals surface area contributed by atoms with E-state index >= 15 is 0 Å². The molecule has 1 aliphatic rings. The molecular formula is C12H14N5O7P. The van der Waals surface area contributed by atoms with Crippen LogP contribution < -0.4 is 5.56 Å². The fraction of sp³-hybridized carbons (Fsp3) is 0.417. The first-order valence-electron chi connectivity index (χ1n) is 7.29. The van der Waals surface area contributed by atoms with Gasteiger partial charge in [0.15, 0.2) is 5.52 Å². The third-order valence-corrected chi connectivity index (χ3v) is 4.57. The number of rotatable bonds is 4. The monoisotopic (exact) mass is 371 g/mol. The van der Waals surface area contributed by atoms with E-state index in [0.717, 1.165) is 0 Å². The highest BCUT2D eigenvalue weighted by Gasteiger charge is 2.40. The number of fused-ring (bicyclic) bond motifs is 2. The summed E-state index contributed by atoms with van der Waals surface area (Å²) < 4.78 is 24.2. The van der Waals surface area contributed by atoms with Crippen LogP contribution in [0.1, 0.15) is 12.6 Å². The lowest BCUT2D eigenvalue weighted by molar-refractivity contribution is -0.0425. The minimum Gasteiger partial charge on any atom is -0.394 e. The number of hydrogen-bond acceptors (Lipinski definition) is 7. The van der Waals surface area contributed by atoms with Crippen LogP contribution in [0.25, 0.3) is 16.9 Å². The Labute approximate surface area is 138 Å². The Kier molecular flexibility index (Phi) is 3.76. The number of hydrogen-bond donors (Lipinski definition) is 4. The quantitative estimate of drug-likeness (QED) is 0.427. The molecule has 13 heteroatoms. The molecule has 4 rings (SSSR count). The van der Waals surface area contributed by atoms with Crippen molar-refractivity contribution < 1.29 is 28.7 Å². The number of nitrogens with one attached hydrogen (secondary N) is 1. The van der Waals surface area contributed by atoms with E-state index in [2.05, 4.69) is 19.5 Å². The maximum Gasteiger partial charge on any atom is 0.469 e. The van der Waals surface area contributed by atoms with E-state index in [1.807, 2.05) is 0 Å². The van der Waals surface area contributed by atoms with Crippen LogP contribution in [-0.2, 0) is 13.8 Å². The number of aromatic amines is 1. The first-order chi connectivity index (χ1) is 11.9. The molecule has 1 aliphatic heterocycles. The number of phosphoric acid groups is 1. The van der Waals surface area contributed by atoms with Crippen LogP contribution in [0.2, 0.25) is 0 Å². The van der Waals surface area contributed by atoms with Crippen LogP contribution in [-0.4, -0.2) is 57.6 Å². The highest BCUT2D eigenvalue weighted by Crippen LogP contribution is 2.43. The normalized spacial score (nSPS) is 24.5. The summed E-state index contributed by atoms with van der Waals surface area (Å²) in [6.07, 6.45) is 1.75. The average molecular weight is 371 g/mol. The lowest BCUT2D eigenvalue weighted by Crippen LogP contribution is -2.26. The van der Waals surface area contributed by atoms with Crippen molar-refractivity contribution in [3.8, 4) is 0 Å². The molecule has 0 spiro atoms. The van der Waals surface area contributed by atoms with Crippen LogP contribution >= 0.6 is 7.82 Å². The largest absolute Gasteiger partial charge is 0.469 e. The smallest absolute Gasteiger partial charge is 0.394 e. The third-order valence-electron chi connectivity index (χ3n) is 4.03. The second kappa shape index (κ2) is 5.73. The van der Waals surface area contributed by atoms with Gasteiger partial charge in [-0.2, -0.15) is 0 Å². The molecule has 0 saturated carbocycles. The lowest BCUT2D eigenvalue weighted by Gasteiger charge is -2.16. The molecule has 4 heterocycles. The number of aliphatic hydroxyl groups excluding tert-OH is 1. The van der Waals surface area contributed by atoms with E-state index in [4.69, 9.17) is 14.5 Å². The van der Waals surface area contributed by atoms with Gasteiger partial charge >= 0.3 is 7.82 Å². The Morgan fingerprint density at radius 1 is 1.44 bits per heavy atom. The molecule has 4 N–H and O–H groups in total. The zero-order valence-electron chi connectivity index (χ0n) is 12.6. The molecule has 3 atom stereocenters. The van der Waals surface area contributed by atoms with Gasteiger partial charge in [0.1, 0.15) is 24.1 Å². The number of phosphoric ester groups is 1. The predicted octanol–water partition coefficient (Wildman–Crippen LogP) is -0.870. The molecule has 0 aromatic carbocycles. The van der Waals surface area contributed by atoms with Crippen LogP contribution in [0.4, 0.5) is 0 Å². The van der Waals surface area contributed by atoms with Gasteiger partial charge in [-0.15, -0.1) is 0 Å². The van der Waals surface area contributed by atoms with E-state index in [-0.39, 0.29) is 17.5 Å². The SMILES string of the molecule is O=c1c2ncn([C@H]3C[C@H](OP(=O)(O)O)[C@@H](CO)O3)c2[nH]c2nccn12. The molecule has 1 fully saturated rings. The minimum absolute atomic E-state index is 0.0590. The summed E-state index contributed by atoms with van der Waals surface area (Å²) in [7, 11) is -4.74. The van der Waals surface area contributed by atoms with Crippen molar-refractivity contribution in [2.24, 2.45) is 0 Å². The van der Waals surface area contributed by atoms with Crippen molar-refractivity contribution in [1.29, 1.82) is 0 Å². The van der Waals surface area contributed by atoms with Gasteiger partial charge in [0, 0.05) is 18.8 Å². The van der Waals surface area contributed by atoms with E-state index in [1.165, 1.54) is 27.7 Å². The summed E-state index contributed by atoms with van der Waals surface area (Å²) in [6, 6.07) is 0. The van der Waals surface area contributed by atoms with Gasteiger partial charge in [-0.3, -0.25) is 13.9 Å². The fourth-order valence-corrected chi connectivity index (χ4v) is 3.54. The Morgan fingerprint density at radius 2 is 2.24 bits per heavy atom. The molecule has 12 nitrogen and oxygen atoms in total. The molecule has 0 unspecified atom stereocenters. The highest BCUT2D eigenvalue weighted by molar-refractivity contribution is 7.46. The Morgan fingerprint density at radius 3 is 2.96 bits per heavy atom. The van der Waals surface area contributed by atoms with Crippen LogP contribution in [0, 0.1) is 0 Å². The summed E-state index contributed by atoms with van der Waals surface area (Å²) in [5.74, 6) is 0.318. The number of aliphatic hydroxyl groups is 1. The van der Waals surface area contributed by atoms with E-state index in [1.54, 1.807) is 0 Å². The summed E-state index contributed by atoms with van der Waals surface area (Å²) in [6.45, 7) is -0.477. The summed E-state index contributed by atoms with van der Waals surface area (Å²) in [5, 5.41) is 9.37. The molecule has 0 bridgehead atoms. The van der Waals surface area contributed by atoms with Crippen molar-refractivity contribution in [3.05, 3.63) is 29.1 Å².